The van der Waals surface area contributed by atoms with Crippen LogP contribution in [0.1, 0.15) is 18.4 Å². The van der Waals surface area contributed by atoms with Gasteiger partial charge < -0.3 is 10.1 Å². The molecule has 0 atom stereocenters. The van der Waals surface area contributed by atoms with Crippen LogP contribution in [0.2, 0.25) is 0 Å². The second-order valence-electron chi connectivity index (χ2n) is 5.27. The number of nitrogens with zero attached hydrogens (tertiary/aromatic N) is 1. The summed E-state index contributed by atoms with van der Waals surface area (Å²) < 4.78 is 43.2. The number of rotatable bonds is 3. The SMILES string of the molecule is O=C(NC1CC1)Oc1ccc(-c2cccc(C(F)(F)F)c2)nc1. The molecule has 1 N–H and O–H groups in total. The van der Waals surface area contributed by atoms with Crippen molar-refractivity contribution in [1.29, 1.82) is 0 Å². The Kier molecular flexibility index (Phi) is 3.94. The van der Waals surface area contributed by atoms with E-state index >= 15 is 0 Å². The number of hydrogen-bond donors (Lipinski definition) is 1. The summed E-state index contributed by atoms with van der Waals surface area (Å²) >= 11 is 0. The summed E-state index contributed by atoms with van der Waals surface area (Å²) in [6, 6.07) is 8.08. The molecule has 0 aliphatic heterocycles. The van der Waals surface area contributed by atoms with E-state index in [1.165, 1.54) is 30.5 Å². The second-order valence-corrected chi connectivity index (χ2v) is 5.27. The minimum atomic E-state index is -4.40. The average Bonchev–Trinajstić information content (AvgIpc) is 3.31. The third-order valence-corrected chi connectivity index (χ3v) is 3.33. The number of amides is 1. The summed E-state index contributed by atoms with van der Waals surface area (Å²) in [5.41, 5.74) is -0.0270. The number of carbonyl (C=O) groups excluding carboxylic acids is 1. The lowest BCUT2D eigenvalue weighted by atomic mass is 10.1. The van der Waals surface area contributed by atoms with Gasteiger partial charge in [0.15, 0.2) is 5.75 Å². The highest BCUT2D eigenvalue weighted by molar-refractivity contribution is 5.71. The molecule has 0 unspecified atom stereocenters. The van der Waals surface area contributed by atoms with Gasteiger partial charge in [0.1, 0.15) is 0 Å². The van der Waals surface area contributed by atoms with Crippen LogP contribution in [0.3, 0.4) is 0 Å². The first-order chi connectivity index (χ1) is 10.9. The molecule has 1 fully saturated rings. The Morgan fingerprint density at radius 2 is 2.00 bits per heavy atom. The van der Waals surface area contributed by atoms with Crippen LogP contribution in [0.15, 0.2) is 42.6 Å². The molecule has 1 amide bonds. The zero-order chi connectivity index (χ0) is 16.4. The van der Waals surface area contributed by atoms with Crippen LogP contribution in [0, 0.1) is 0 Å². The van der Waals surface area contributed by atoms with Gasteiger partial charge in [0.25, 0.3) is 0 Å². The zero-order valence-corrected chi connectivity index (χ0v) is 11.9. The molecule has 120 valence electrons. The van der Waals surface area contributed by atoms with E-state index in [0.29, 0.717) is 11.3 Å². The highest BCUT2D eigenvalue weighted by Crippen LogP contribution is 2.31. The molecule has 2 aromatic rings. The van der Waals surface area contributed by atoms with E-state index in [1.807, 2.05) is 0 Å². The molecule has 1 aliphatic carbocycles. The Morgan fingerprint density at radius 1 is 1.22 bits per heavy atom. The Balaban J connectivity index is 1.72. The minimum Gasteiger partial charge on any atom is -0.409 e. The van der Waals surface area contributed by atoms with Crippen LogP contribution in [-0.4, -0.2) is 17.1 Å². The van der Waals surface area contributed by atoms with E-state index in [2.05, 4.69) is 10.3 Å². The first-order valence-electron chi connectivity index (χ1n) is 7.04. The zero-order valence-electron chi connectivity index (χ0n) is 11.9. The lowest BCUT2D eigenvalue weighted by Crippen LogP contribution is -2.28. The molecule has 0 spiro atoms. The van der Waals surface area contributed by atoms with E-state index in [-0.39, 0.29) is 11.8 Å². The van der Waals surface area contributed by atoms with E-state index < -0.39 is 17.8 Å². The predicted molar refractivity (Wildman–Crippen MR) is 76.9 cm³/mol. The van der Waals surface area contributed by atoms with Gasteiger partial charge in [-0.3, -0.25) is 4.98 Å². The molecule has 1 saturated carbocycles. The van der Waals surface area contributed by atoms with Crippen molar-refractivity contribution in [3.63, 3.8) is 0 Å². The second kappa shape index (κ2) is 5.91. The van der Waals surface area contributed by atoms with E-state index in [0.717, 1.165) is 25.0 Å². The molecule has 4 nitrogen and oxygen atoms in total. The maximum Gasteiger partial charge on any atom is 0.416 e. The molecule has 1 aliphatic rings. The van der Waals surface area contributed by atoms with Crippen LogP contribution in [0.5, 0.6) is 5.75 Å². The van der Waals surface area contributed by atoms with Crippen LogP contribution >= 0.6 is 0 Å². The van der Waals surface area contributed by atoms with E-state index in [9.17, 15) is 18.0 Å². The lowest BCUT2D eigenvalue weighted by Gasteiger charge is -2.09. The van der Waals surface area contributed by atoms with Gasteiger partial charge in [0, 0.05) is 11.6 Å². The van der Waals surface area contributed by atoms with Gasteiger partial charge in [-0.25, -0.2) is 4.79 Å². The van der Waals surface area contributed by atoms with Crippen molar-refractivity contribution in [2.24, 2.45) is 0 Å². The van der Waals surface area contributed by atoms with Crippen molar-refractivity contribution in [3.05, 3.63) is 48.2 Å². The third kappa shape index (κ3) is 4.00. The van der Waals surface area contributed by atoms with Crippen LogP contribution in [0.25, 0.3) is 11.3 Å². The summed E-state index contributed by atoms with van der Waals surface area (Å²) in [6.07, 6.45) is -1.76. The van der Waals surface area contributed by atoms with Gasteiger partial charge in [-0.15, -0.1) is 0 Å². The summed E-state index contributed by atoms with van der Waals surface area (Å²) in [5.74, 6) is 0.235. The third-order valence-electron chi connectivity index (χ3n) is 3.33. The Labute approximate surface area is 130 Å². The normalized spacial score (nSPS) is 14.4. The number of nitrogens with one attached hydrogen (secondary N) is 1. The molecule has 7 heteroatoms. The lowest BCUT2D eigenvalue weighted by molar-refractivity contribution is -0.137. The van der Waals surface area contributed by atoms with Crippen LogP contribution in [-0.2, 0) is 6.18 Å². The summed E-state index contributed by atoms with van der Waals surface area (Å²) in [7, 11) is 0. The van der Waals surface area contributed by atoms with Gasteiger partial charge in [-0.2, -0.15) is 13.2 Å². The Hall–Kier alpha value is -2.57. The van der Waals surface area contributed by atoms with E-state index in [1.54, 1.807) is 0 Å². The monoisotopic (exact) mass is 322 g/mol. The number of pyridine rings is 1. The number of aromatic nitrogens is 1. The Bertz CT molecular complexity index is 710. The molecular formula is C16H13F3N2O2. The number of carbonyl (C=O) groups is 1. The highest BCUT2D eigenvalue weighted by Gasteiger charge is 2.30. The van der Waals surface area contributed by atoms with Gasteiger partial charge in [-0.1, -0.05) is 12.1 Å². The molecular weight excluding hydrogens is 309 g/mol. The number of ether oxygens (including phenoxy) is 1. The fraction of sp³-hybridized carbons (Fsp3) is 0.250. The molecule has 3 rings (SSSR count). The van der Waals surface area contributed by atoms with Gasteiger partial charge in [0.2, 0.25) is 0 Å². The van der Waals surface area contributed by atoms with Crippen molar-refractivity contribution in [3.8, 4) is 17.0 Å². The fourth-order valence-electron chi connectivity index (χ4n) is 2.00. The van der Waals surface area contributed by atoms with Crippen molar-refractivity contribution < 1.29 is 22.7 Å². The van der Waals surface area contributed by atoms with Crippen LogP contribution < -0.4 is 10.1 Å². The van der Waals surface area contributed by atoms with Crippen molar-refractivity contribution in [2.45, 2.75) is 25.1 Å². The first-order valence-corrected chi connectivity index (χ1v) is 7.04. The van der Waals surface area contributed by atoms with Crippen LogP contribution in [0.4, 0.5) is 18.0 Å². The van der Waals surface area contributed by atoms with Crippen molar-refractivity contribution in [2.75, 3.05) is 0 Å². The quantitative estimate of drug-likeness (QED) is 0.928. The first kappa shape index (κ1) is 15.3. The number of halogens is 3. The number of hydrogen-bond acceptors (Lipinski definition) is 3. The fourth-order valence-corrected chi connectivity index (χ4v) is 2.00. The number of benzene rings is 1. The van der Waals surface area contributed by atoms with E-state index in [4.69, 9.17) is 4.74 Å². The Morgan fingerprint density at radius 3 is 2.61 bits per heavy atom. The maximum atomic E-state index is 12.7. The van der Waals surface area contributed by atoms with Gasteiger partial charge in [-0.05, 0) is 37.1 Å². The molecule has 23 heavy (non-hydrogen) atoms. The smallest absolute Gasteiger partial charge is 0.409 e. The maximum absolute atomic E-state index is 12.7. The topological polar surface area (TPSA) is 51.2 Å². The highest BCUT2D eigenvalue weighted by atomic mass is 19.4. The molecule has 1 aromatic carbocycles. The average molecular weight is 322 g/mol. The molecule has 0 bridgehead atoms. The number of alkyl halides is 3. The largest absolute Gasteiger partial charge is 0.416 e. The molecule has 1 heterocycles. The predicted octanol–water partition coefficient (Wildman–Crippen LogP) is 4.02. The standard InChI is InChI=1S/C16H13F3N2O2/c17-16(18,19)11-3-1-2-10(8-11)14-7-6-13(9-20-14)23-15(22)21-12-4-5-12/h1-3,6-9,12H,4-5H2,(H,21,22). The van der Waals surface area contributed by atoms with Gasteiger partial charge >= 0.3 is 12.3 Å². The van der Waals surface area contributed by atoms with Crippen molar-refractivity contribution in [1.82, 2.24) is 10.3 Å². The van der Waals surface area contributed by atoms with Crippen molar-refractivity contribution >= 4 is 6.09 Å². The summed E-state index contributed by atoms with van der Waals surface area (Å²) in [5, 5.41) is 2.66. The molecule has 0 radical (unpaired) electrons. The molecule has 1 aromatic heterocycles. The summed E-state index contributed by atoms with van der Waals surface area (Å²) in [6.45, 7) is 0. The minimum absolute atomic E-state index is 0.180. The van der Waals surface area contributed by atoms with Gasteiger partial charge in [0.05, 0.1) is 17.5 Å². The summed E-state index contributed by atoms with van der Waals surface area (Å²) in [4.78, 5) is 15.5. The molecule has 0 saturated heterocycles.